The van der Waals surface area contributed by atoms with Crippen LogP contribution in [-0.4, -0.2) is 41.5 Å². The SMILES string of the molecule is O=P(O)(O)C(O)CCCCC(O)P(=O)(O)O. The van der Waals surface area contributed by atoms with E-state index in [0.29, 0.717) is 0 Å². The molecule has 0 bridgehead atoms. The number of hydrogen-bond donors (Lipinski definition) is 6. The van der Waals surface area contributed by atoms with Crippen LogP contribution >= 0.6 is 15.2 Å². The molecule has 0 aromatic carbocycles. The Labute approximate surface area is 92.3 Å². The molecule has 0 saturated heterocycles. The lowest BCUT2D eigenvalue weighted by Crippen LogP contribution is -2.09. The molecule has 98 valence electrons. The van der Waals surface area contributed by atoms with Crippen LogP contribution in [0.15, 0.2) is 0 Å². The van der Waals surface area contributed by atoms with Crippen molar-refractivity contribution in [1.82, 2.24) is 0 Å². The largest absolute Gasteiger partial charge is 0.380 e. The second kappa shape index (κ2) is 6.23. The predicted octanol–water partition coefficient (Wildman–Crippen LogP) is -0.461. The second-order valence-electron chi connectivity index (χ2n) is 3.42. The van der Waals surface area contributed by atoms with Crippen LogP contribution in [0, 0.1) is 0 Å². The van der Waals surface area contributed by atoms with Gasteiger partial charge in [-0.25, -0.2) is 0 Å². The van der Waals surface area contributed by atoms with Crippen LogP contribution < -0.4 is 0 Å². The van der Waals surface area contributed by atoms with Crippen LogP contribution in [-0.2, 0) is 9.13 Å². The van der Waals surface area contributed by atoms with Crippen molar-refractivity contribution in [1.29, 1.82) is 0 Å². The summed E-state index contributed by atoms with van der Waals surface area (Å²) in [5, 5.41) is 17.9. The molecule has 0 rings (SSSR count). The van der Waals surface area contributed by atoms with E-state index < -0.39 is 26.9 Å². The van der Waals surface area contributed by atoms with Gasteiger partial charge >= 0.3 is 15.2 Å². The van der Waals surface area contributed by atoms with E-state index in [4.69, 9.17) is 29.8 Å². The van der Waals surface area contributed by atoms with E-state index in [-0.39, 0.29) is 25.7 Å². The zero-order valence-corrected chi connectivity index (χ0v) is 10.2. The predicted molar refractivity (Wildman–Crippen MR) is 54.6 cm³/mol. The molecule has 8 nitrogen and oxygen atoms in total. The summed E-state index contributed by atoms with van der Waals surface area (Å²) in [4.78, 5) is 34.0. The van der Waals surface area contributed by atoms with Gasteiger partial charge in [0.1, 0.15) is 0 Å². The molecule has 2 atom stereocenters. The zero-order valence-electron chi connectivity index (χ0n) is 8.38. The summed E-state index contributed by atoms with van der Waals surface area (Å²) in [6, 6.07) is 0. The molecule has 0 aliphatic carbocycles. The molecular weight excluding hydrogens is 262 g/mol. The zero-order chi connectivity index (χ0) is 13.0. The summed E-state index contributed by atoms with van der Waals surface area (Å²) in [7, 11) is -9.03. The third-order valence-corrected chi connectivity index (χ3v) is 4.02. The molecule has 0 saturated carbocycles. The smallest absolute Gasteiger partial charge is 0.353 e. The van der Waals surface area contributed by atoms with Crippen LogP contribution in [0.2, 0.25) is 0 Å². The Morgan fingerprint density at radius 3 is 1.19 bits per heavy atom. The molecule has 10 heteroatoms. The van der Waals surface area contributed by atoms with E-state index in [2.05, 4.69) is 0 Å². The second-order valence-corrected chi connectivity index (χ2v) is 6.97. The minimum absolute atomic E-state index is 0.156. The lowest BCUT2D eigenvalue weighted by atomic mass is 10.2. The summed E-state index contributed by atoms with van der Waals surface area (Å²) in [5.74, 6) is -3.53. The van der Waals surface area contributed by atoms with Gasteiger partial charge in [-0.2, -0.15) is 0 Å². The molecule has 0 radical (unpaired) electrons. The van der Waals surface area contributed by atoms with Crippen LogP contribution in [0.5, 0.6) is 0 Å². The summed E-state index contributed by atoms with van der Waals surface area (Å²) >= 11 is 0. The summed E-state index contributed by atoms with van der Waals surface area (Å²) in [6.45, 7) is 0. The van der Waals surface area contributed by atoms with Crippen molar-refractivity contribution in [2.24, 2.45) is 0 Å². The Morgan fingerprint density at radius 1 is 0.750 bits per heavy atom. The monoisotopic (exact) mass is 278 g/mol. The lowest BCUT2D eigenvalue weighted by Gasteiger charge is -2.14. The summed E-state index contributed by atoms with van der Waals surface area (Å²) in [5.41, 5.74) is 0. The minimum atomic E-state index is -4.51. The third kappa shape index (κ3) is 6.73. The molecule has 16 heavy (non-hydrogen) atoms. The van der Waals surface area contributed by atoms with E-state index >= 15 is 0 Å². The highest BCUT2D eigenvalue weighted by Crippen LogP contribution is 2.43. The quantitative estimate of drug-likeness (QED) is 0.270. The minimum Gasteiger partial charge on any atom is -0.380 e. The van der Waals surface area contributed by atoms with Crippen LogP contribution in [0.4, 0.5) is 0 Å². The number of aliphatic hydroxyl groups excluding tert-OH is 2. The Hall–Kier alpha value is 0.220. The van der Waals surface area contributed by atoms with Gasteiger partial charge < -0.3 is 29.8 Å². The molecular formula is C6H16O8P2. The maximum Gasteiger partial charge on any atom is 0.353 e. The van der Waals surface area contributed by atoms with Crippen molar-refractivity contribution in [2.75, 3.05) is 0 Å². The fourth-order valence-corrected chi connectivity index (χ4v) is 2.03. The van der Waals surface area contributed by atoms with Crippen LogP contribution in [0.1, 0.15) is 25.7 Å². The Balaban J connectivity index is 3.78. The third-order valence-electron chi connectivity index (χ3n) is 1.95. The van der Waals surface area contributed by atoms with Gasteiger partial charge in [-0.15, -0.1) is 0 Å². The van der Waals surface area contributed by atoms with Gasteiger partial charge in [-0.3, -0.25) is 9.13 Å². The van der Waals surface area contributed by atoms with Crippen molar-refractivity contribution >= 4 is 15.2 Å². The molecule has 6 N–H and O–H groups in total. The van der Waals surface area contributed by atoms with Gasteiger partial charge in [-0.1, -0.05) is 12.8 Å². The average Bonchev–Trinajstić information content (AvgIpc) is 2.08. The van der Waals surface area contributed by atoms with Crippen molar-refractivity contribution < 1.29 is 38.9 Å². The van der Waals surface area contributed by atoms with E-state index in [9.17, 15) is 9.13 Å². The standard InChI is InChI=1S/C6H16O8P2/c7-5(15(9,10)11)3-1-2-4-6(8)16(12,13)14/h5-8H,1-4H2,(H2,9,10,11)(H2,12,13,14). The normalized spacial score (nSPS) is 17.1. The highest BCUT2D eigenvalue weighted by atomic mass is 31.2. The van der Waals surface area contributed by atoms with Gasteiger partial charge in [0.2, 0.25) is 0 Å². The number of unbranched alkanes of at least 4 members (excludes halogenated alkanes) is 1. The van der Waals surface area contributed by atoms with Gasteiger partial charge in [0.05, 0.1) is 0 Å². The summed E-state index contributed by atoms with van der Waals surface area (Å²) in [6.07, 6.45) is -0.0526. The molecule has 0 amide bonds. The molecule has 0 aromatic rings. The molecule has 2 unspecified atom stereocenters. The first-order valence-corrected chi connectivity index (χ1v) is 7.88. The maximum atomic E-state index is 10.5. The first kappa shape index (κ1) is 16.2. The van der Waals surface area contributed by atoms with E-state index in [1.165, 1.54) is 0 Å². The van der Waals surface area contributed by atoms with E-state index in [1.54, 1.807) is 0 Å². The first-order valence-electron chi connectivity index (χ1n) is 4.51. The van der Waals surface area contributed by atoms with Crippen molar-refractivity contribution in [3.63, 3.8) is 0 Å². The lowest BCUT2D eigenvalue weighted by molar-refractivity contribution is 0.177. The maximum absolute atomic E-state index is 10.5. The summed E-state index contributed by atoms with van der Waals surface area (Å²) < 4.78 is 21.0. The first-order chi connectivity index (χ1) is 7.05. The Bertz CT molecular complexity index is 263. The molecule has 0 spiro atoms. The fourth-order valence-electron chi connectivity index (χ4n) is 0.990. The van der Waals surface area contributed by atoms with Gasteiger partial charge in [0.25, 0.3) is 0 Å². The molecule has 0 aliphatic rings. The number of aliphatic hydroxyl groups is 2. The number of rotatable bonds is 7. The highest BCUT2D eigenvalue weighted by Gasteiger charge is 2.27. The highest BCUT2D eigenvalue weighted by molar-refractivity contribution is 7.52. The molecule has 0 aromatic heterocycles. The van der Waals surface area contributed by atoms with Crippen LogP contribution in [0.25, 0.3) is 0 Å². The van der Waals surface area contributed by atoms with Gasteiger partial charge in [0, 0.05) is 0 Å². The van der Waals surface area contributed by atoms with Gasteiger partial charge in [-0.05, 0) is 12.8 Å². The van der Waals surface area contributed by atoms with Crippen LogP contribution in [0.3, 0.4) is 0 Å². The van der Waals surface area contributed by atoms with Crippen molar-refractivity contribution in [2.45, 2.75) is 37.4 Å². The average molecular weight is 278 g/mol. The molecule has 0 fully saturated rings. The topological polar surface area (TPSA) is 156 Å². The van der Waals surface area contributed by atoms with Crippen molar-refractivity contribution in [3.8, 4) is 0 Å². The van der Waals surface area contributed by atoms with Crippen molar-refractivity contribution in [3.05, 3.63) is 0 Å². The van der Waals surface area contributed by atoms with E-state index in [0.717, 1.165) is 0 Å². The Morgan fingerprint density at radius 2 is 1.00 bits per heavy atom. The number of hydrogen-bond acceptors (Lipinski definition) is 4. The molecule has 0 heterocycles. The Kier molecular flexibility index (Phi) is 6.32. The van der Waals surface area contributed by atoms with Gasteiger partial charge in [0.15, 0.2) is 11.7 Å². The van der Waals surface area contributed by atoms with E-state index in [1.807, 2.05) is 0 Å². The fraction of sp³-hybridized carbons (Fsp3) is 1.00. The molecule has 0 aliphatic heterocycles.